The van der Waals surface area contributed by atoms with Gasteiger partial charge in [-0.15, -0.1) is 0 Å². The number of amides is 1. The predicted octanol–water partition coefficient (Wildman–Crippen LogP) is 3.12. The largest absolute Gasteiger partial charge is 0.497 e. The van der Waals surface area contributed by atoms with Crippen LogP contribution in [0.4, 0.5) is 17.2 Å². The van der Waals surface area contributed by atoms with E-state index >= 15 is 0 Å². The van der Waals surface area contributed by atoms with Gasteiger partial charge in [-0.25, -0.2) is 9.97 Å². The van der Waals surface area contributed by atoms with E-state index in [0.29, 0.717) is 29.2 Å². The molecule has 0 spiro atoms. The second-order valence-electron chi connectivity index (χ2n) is 8.50. The first-order chi connectivity index (χ1) is 16.1. The van der Waals surface area contributed by atoms with Gasteiger partial charge >= 0.3 is 0 Å². The van der Waals surface area contributed by atoms with Gasteiger partial charge in [0.2, 0.25) is 11.7 Å². The van der Waals surface area contributed by atoms with E-state index in [9.17, 15) is 4.79 Å². The molecule has 1 aliphatic heterocycles. The molecular formula is C25H29N5O3. The van der Waals surface area contributed by atoms with E-state index in [2.05, 4.69) is 32.1 Å². The first-order valence-corrected chi connectivity index (χ1v) is 11.3. The summed E-state index contributed by atoms with van der Waals surface area (Å²) in [4.78, 5) is 26.1. The molecule has 1 atom stereocenters. The number of carbonyl (C=O) groups is 1. The number of aromatic nitrogens is 2. The number of anilines is 2. The number of benzene rings is 1. The lowest BCUT2D eigenvalue weighted by molar-refractivity contribution is -0.121. The monoisotopic (exact) mass is 447 g/mol. The number of nitrogens with two attached hydrogens (primary N) is 1. The molecule has 0 saturated heterocycles. The minimum Gasteiger partial charge on any atom is -0.497 e. The number of aliphatic imine (C=N–C) groups is 1. The van der Waals surface area contributed by atoms with Gasteiger partial charge in [-0.1, -0.05) is 12.0 Å². The van der Waals surface area contributed by atoms with E-state index in [1.165, 1.54) is 0 Å². The van der Waals surface area contributed by atoms with Crippen molar-refractivity contribution in [1.29, 1.82) is 0 Å². The zero-order valence-electron chi connectivity index (χ0n) is 18.8. The Morgan fingerprint density at radius 1 is 1.24 bits per heavy atom. The summed E-state index contributed by atoms with van der Waals surface area (Å²) in [6.07, 6.45) is 7.35. The van der Waals surface area contributed by atoms with Crippen LogP contribution in [0.15, 0.2) is 29.3 Å². The maximum absolute atomic E-state index is 12.8. The Morgan fingerprint density at radius 2 is 2.06 bits per heavy atom. The third kappa shape index (κ3) is 5.49. The van der Waals surface area contributed by atoms with Crippen molar-refractivity contribution in [3.8, 4) is 17.6 Å². The van der Waals surface area contributed by atoms with Crippen molar-refractivity contribution in [2.24, 2.45) is 22.7 Å². The Balaban J connectivity index is 1.35. The Bertz CT molecular complexity index is 1100. The lowest BCUT2D eigenvalue weighted by Gasteiger charge is -2.31. The lowest BCUT2D eigenvalue weighted by Crippen LogP contribution is -2.30. The SMILES string of the molecule is COc1cccc(NC(=O)C2CCC(C3C=Nc4c(N)nc(C#CCO)nc4CC3)CC2)c1. The quantitative estimate of drug-likeness (QED) is 0.619. The minimum atomic E-state index is -0.249. The highest BCUT2D eigenvalue weighted by Crippen LogP contribution is 2.38. The molecule has 172 valence electrons. The van der Waals surface area contributed by atoms with Crippen LogP contribution in [0.25, 0.3) is 0 Å². The van der Waals surface area contributed by atoms with Gasteiger partial charge in [0, 0.05) is 23.9 Å². The number of ether oxygens (including phenoxy) is 1. The van der Waals surface area contributed by atoms with Crippen LogP contribution < -0.4 is 15.8 Å². The molecule has 0 bridgehead atoms. The zero-order chi connectivity index (χ0) is 23.2. The van der Waals surface area contributed by atoms with E-state index in [-0.39, 0.29) is 18.4 Å². The number of nitrogen functional groups attached to an aromatic ring is 1. The van der Waals surface area contributed by atoms with Crippen LogP contribution in [-0.4, -0.2) is 40.9 Å². The van der Waals surface area contributed by atoms with Crippen LogP contribution in [0.5, 0.6) is 5.75 Å². The van der Waals surface area contributed by atoms with Gasteiger partial charge in [0.25, 0.3) is 0 Å². The first-order valence-electron chi connectivity index (χ1n) is 11.3. The van der Waals surface area contributed by atoms with E-state index in [1.54, 1.807) is 7.11 Å². The van der Waals surface area contributed by atoms with Gasteiger partial charge in [0.1, 0.15) is 18.0 Å². The highest BCUT2D eigenvalue weighted by Gasteiger charge is 2.31. The van der Waals surface area contributed by atoms with Gasteiger partial charge < -0.3 is 20.9 Å². The Morgan fingerprint density at radius 3 is 2.82 bits per heavy atom. The van der Waals surface area contributed by atoms with Crippen LogP contribution in [0.3, 0.4) is 0 Å². The molecule has 33 heavy (non-hydrogen) atoms. The van der Waals surface area contributed by atoms with Crippen molar-refractivity contribution < 1.29 is 14.6 Å². The average Bonchev–Trinajstić information content (AvgIpc) is 3.06. The van der Waals surface area contributed by atoms with E-state index in [1.807, 2.05) is 30.5 Å². The summed E-state index contributed by atoms with van der Waals surface area (Å²) in [7, 11) is 1.61. The molecule has 1 fully saturated rings. The molecule has 2 heterocycles. The van der Waals surface area contributed by atoms with Crippen molar-refractivity contribution in [2.45, 2.75) is 38.5 Å². The van der Waals surface area contributed by atoms with Crippen molar-refractivity contribution in [3.05, 3.63) is 35.8 Å². The van der Waals surface area contributed by atoms with Crippen molar-refractivity contribution in [1.82, 2.24) is 9.97 Å². The Labute approximate surface area is 193 Å². The van der Waals surface area contributed by atoms with Crippen molar-refractivity contribution in [2.75, 3.05) is 24.8 Å². The van der Waals surface area contributed by atoms with Crippen molar-refractivity contribution >= 4 is 29.3 Å². The fraction of sp³-hybridized carbons (Fsp3) is 0.440. The molecule has 1 unspecified atom stereocenters. The number of aryl methyl sites for hydroxylation is 1. The number of carbonyl (C=O) groups excluding carboxylic acids is 1. The van der Waals surface area contributed by atoms with Gasteiger partial charge in [-0.3, -0.25) is 9.79 Å². The standard InChI is InChI=1S/C25H29N5O3/c1-33-20-5-2-4-19(14-20)28-25(32)17-9-7-16(8-10-17)18-11-12-21-23(27-15-18)24(26)30-22(29-21)6-3-13-31/h2,4-5,14-18,31H,7-13H2,1H3,(H,28,32)(H2,26,29,30). The normalized spacial score (nSPS) is 21.8. The summed E-state index contributed by atoms with van der Waals surface area (Å²) in [6, 6.07) is 7.43. The van der Waals surface area contributed by atoms with E-state index < -0.39 is 0 Å². The predicted molar refractivity (Wildman–Crippen MR) is 127 cm³/mol. The molecule has 1 aromatic carbocycles. The summed E-state index contributed by atoms with van der Waals surface area (Å²) in [5.74, 6) is 7.51. The summed E-state index contributed by atoms with van der Waals surface area (Å²) in [6.45, 7) is -0.249. The molecule has 1 aliphatic carbocycles. The highest BCUT2D eigenvalue weighted by molar-refractivity contribution is 5.92. The number of hydrogen-bond acceptors (Lipinski definition) is 7. The molecule has 4 N–H and O–H groups in total. The number of methoxy groups -OCH3 is 1. The van der Waals surface area contributed by atoms with Crippen LogP contribution in [-0.2, 0) is 11.2 Å². The smallest absolute Gasteiger partial charge is 0.227 e. The topological polar surface area (TPSA) is 123 Å². The second kappa shape index (κ2) is 10.5. The van der Waals surface area contributed by atoms with Gasteiger partial charge in [-0.2, -0.15) is 0 Å². The summed E-state index contributed by atoms with van der Waals surface area (Å²) >= 11 is 0. The number of hydrogen-bond donors (Lipinski definition) is 3. The molecule has 1 amide bonds. The fourth-order valence-corrected chi connectivity index (χ4v) is 4.67. The van der Waals surface area contributed by atoms with E-state index in [4.69, 9.17) is 15.6 Å². The van der Waals surface area contributed by atoms with Gasteiger partial charge in [0.15, 0.2) is 5.82 Å². The molecule has 2 aliphatic rings. The van der Waals surface area contributed by atoms with Gasteiger partial charge in [0.05, 0.1) is 12.8 Å². The molecule has 4 rings (SSSR count). The number of nitrogens with zero attached hydrogens (tertiary/aromatic N) is 3. The fourth-order valence-electron chi connectivity index (χ4n) is 4.67. The molecular weight excluding hydrogens is 418 g/mol. The molecule has 8 heteroatoms. The maximum Gasteiger partial charge on any atom is 0.227 e. The number of nitrogens with one attached hydrogen (secondary N) is 1. The average molecular weight is 448 g/mol. The maximum atomic E-state index is 12.8. The van der Waals surface area contributed by atoms with Gasteiger partial charge in [-0.05, 0) is 68.4 Å². The molecule has 2 aromatic rings. The van der Waals surface area contributed by atoms with Crippen LogP contribution in [0.2, 0.25) is 0 Å². The highest BCUT2D eigenvalue weighted by atomic mass is 16.5. The van der Waals surface area contributed by atoms with Crippen LogP contribution in [0, 0.1) is 29.6 Å². The second-order valence-corrected chi connectivity index (χ2v) is 8.50. The summed E-state index contributed by atoms with van der Waals surface area (Å²) in [5, 5.41) is 11.9. The first kappa shape index (κ1) is 22.7. The number of fused-ring (bicyclic) bond motifs is 1. The Kier molecular flexibility index (Phi) is 7.20. The van der Waals surface area contributed by atoms with E-state index in [0.717, 1.165) is 55.7 Å². The summed E-state index contributed by atoms with van der Waals surface area (Å²) < 4.78 is 5.23. The summed E-state index contributed by atoms with van der Waals surface area (Å²) in [5.41, 5.74) is 8.28. The third-order valence-electron chi connectivity index (χ3n) is 6.46. The molecule has 1 saturated carbocycles. The minimum absolute atomic E-state index is 0.0153. The number of aliphatic hydroxyl groups is 1. The number of aliphatic hydroxyl groups excluding tert-OH is 1. The lowest BCUT2D eigenvalue weighted by atomic mass is 9.74. The molecule has 1 aromatic heterocycles. The molecule has 8 nitrogen and oxygen atoms in total. The van der Waals surface area contributed by atoms with Crippen molar-refractivity contribution in [3.63, 3.8) is 0 Å². The third-order valence-corrected chi connectivity index (χ3v) is 6.46. The zero-order valence-corrected chi connectivity index (χ0v) is 18.8. The Hall–Kier alpha value is -3.44. The van der Waals surface area contributed by atoms with Crippen LogP contribution in [0.1, 0.15) is 43.6 Å². The molecule has 0 radical (unpaired) electrons. The number of rotatable bonds is 4. The van der Waals surface area contributed by atoms with Crippen LogP contribution >= 0.6 is 0 Å².